The lowest BCUT2D eigenvalue weighted by Gasteiger charge is -2.43. The first-order valence-corrected chi connectivity index (χ1v) is 30.5. The maximum absolute atomic E-state index is 7.55. The van der Waals surface area contributed by atoms with Crippen LogP contribution in [0, 0.1) is 0 Å². The molecule has 414 valence electrons. The minimum atomic E-state index is -0.240. The number of nitrogens with zero attached hydrogens (tertiary/aromatic N) is 2. The number of rotatable bonds is 6. The van der Waals surface area contributed by atoms with Crippen LogP contribution in [0.5, 0.6) is 11.5 Å². The van der Waals surface area contributed by atoms with Crippen molar-refractivity contribution < 1.29 is 9.15 Å². The molecule has 87 heavy (non-hydrogen) atoms. The van der Waals surface area contributed by atoms with E-state index in [1.54, 1.807) is 0 Å². The van der Waals surface area contributed by atoms with Crippen molar-refractivity contribution in [3.05, 3.63) is 272 Å². The number of hydrogen-bond acceptors (Lipinski definition) is 3. The molecule has 2 aliphatic heterocycles. The predicted molar refractivity (Wildman–Crippen MR) is 368 cm³/mol. The molecule has 0 unspecified atom stereocenters. The van der Waals surface area contributed by atoms with Crippen molar-refractivity contribution in [2.45, 2.75) is 52.4 Å². The van der Waals surface area contributed by atoms with Crippen molar-refractivity contribution in [1.82, 2.24) is 4.57 Å². The van der Waals surface area contributed by atoms with Crippen molar-refractivity contribution in [3.8, 4) is 61.7 Å². The van der Waals surface area contributed by atoms with Gasteiger partial charge in [0.25, 0.3) is 6.71 Å². The number of fused-ring (bicyclic) bond motifs is 12. The van der Waals surface area contributed by atoms with Crippen molar-refractivity contribution in [2.24, 2.45) is 0 Å². The van der Waals surface area contributed by atoms with Crippen LogP contribution in [-0.4, -0.2) is 11.3 Å². The van der Waals surface area contributed by atoms with E-state index in [0.29, 0.717) is 0 Å². The molecule has 0 saturated carbocycles. The average molecular weight is 1120 g/mol. The molecule has 0 N–H and O–H groups in total. The van der Waals surface area contributed by atoms with Crippen LogP contribution in [0.4, 0.5) is 17.1 Å². The van der Waals surface area contributed by atoms with Gasteiger partial charge >= 0.3 is 0 Å². The number of ether oxygens (including phenoxy) is 1. The van der Waals surface area contributed by atoms with Crippen molar-refractivity contribution in [3.63, 3.8) is 0 Å². The van der Waals surface area contributed by atoms with Crippen molar-refractivity contribution >= 4 is 105 Å². The van der Waals surface area contributed by atoms with Crippen LogP contribution >= 0.6 is 0 Å². The van der Waals surface area contributed by atoms with E-state index < -0.39 is 0 Å². The highest BCUT2D eigenvalue weighted by Gasteiger charge is 2.44. The number of benzene rings is 13. The van der Waals surface area contributed by atoms with Crippen molar-refractivity contribution in [1.29, 1.82) is 0 Å². The third kappa shape index (κ3) is 7.85. The topological polar surface area (TPSA) is 30.5 Å². The lowest BCUT2D eigenvalue weighted by molar-refractivity contribution is 0.483. The number of hydrogen-bond donors (Lipinski definition) is 0. The third-order valence-corrected chi connectivity index (χ3v) is 18.7. The predicted octanol–water partition coefficient (Wildman–Crippen LogP) is 20.7. The number of anilines is 3. The molecule has 0 aliphatic carbocycles. The fourth-order valence-corrected chi connectivity index (χ4v) is 14.6. The Hall–Kier alpha value is -10.4. The number of para-hydroxylation sites is 4. The van der Waals surface area contributed by atoms with Gasteiger partial charge in [-0.25, -0.2) is 0 Å². The summed E-state index contributed by atoms with van der Waals surface area (Å²) in [6, 6.07) is 96.7. The van der Waals surface area contributed by atoms with Gasteiger partial charge in [-0.05, 0) is 137 Å². The highest BCUT2D eigenvalue weighted by atomic mass is 16.5. The Morgan fingerprint density at radius 2 is 0.874 bits per heavy atom. The zero-order valence-electron chi connectivity index (χ0n) is 49.6. The van der Waals surface area contributed by atoms with E-state index in [4.69, 9.17) is 9.15 Å². The summed E-state index contributed by atoms with van der Waals surface area (Å²) in [5.74, 6) is 1.75. The van der Waals surface area contributed by atoms with Gasteiger partial charge in [-0.2, -0.15) is 0 Å². The molecule has 13 aromatic carbocycles. The molecule has 4 nitrogen and oxygen atoms in total. The second-order valence-corrected chi connectivity index (χ2v) is 25.9. The lowest BCUT2D eigenvalue weighted by Crippen LogP contribution is -2.59. The van der Waals surface area contributed by atoms with Crippen LogP contribution in [0.1, 0.15) is 52.7 Å². The fraction of sp³-hybridized carbons (Fsp3) is 0.0976. The minimum Gasteiger partial charge on any atom is -0.458 e. The molecule has 0 amide bonds. The summed E-state index contributed by atoms with van der Waals surface area (Å²) in [5.41, 5.74) is 23.4. The summed E-state index contributed by atoms with van der Waals surface area (Å²) in [6.07, 6.45) is 0. The first-order valence-electron chi connectivity index (χ1n) is 30.5. The Morgan fingerprint density at radius 1 is 0.356 bits per heavy atom. The first-order chi connectivity index (χ1) is 42.4. The largest absolute Gasteiger partial charge is 0.458 e. The Morgan fingerprint density at radius 3 is 1.48 bits per heavy atom. The normalized spacial score (nSPS) is 13.0. The molecular weight excluding hydrogens is 1060 g/mol. The quantitative estimate of drug-likeness (QED) is 0.123. The molecule has 2 aromatic heterocycles. The zero-order chi connectivity index (χ0) is 58.4. The maximum Gasteiger partial charge on any atom is 0.256 e. The van der Waals surface area contributed by atoms with E-state index in [1.807, 2.05) is 0 Å². The Balaban J connectivity index is 0.981. The SMILES string of the molecule is CC(C)(C)c1cc(-c2ccccc2)c(N2c3cc(-c4c5ccccc5c(-c5cccc6c5oc5ccccc56)c5ccccc45)ccc3B3c4ccc(-n5c6ccccc6c6ccccc65)cc4Oc4cc(C(C)(C)C)cc2c43)c(-c2ccccc2)c1. The van der Waals surface area contributed by atoms with Crippen LogP contribution in [0.3, 0.4) is 0 Å². The van der Waals surface area contributed by atoms with E-state index in [-0.39, 0.29) is 17.5 Å². The van der Waals surface area contributed by atoms with Gasteiger partial charge < -0.3 is 18.6 Å². The zero-order valence-corrected chi connectivity index (χ0v) is 49.6. The van der Waals surface area contributed by atoms with Gasteiger partial charge in [-0.15, -0.1) is 0 Å². The van der Waals surface area contributed by atoms with Crippen LogP contribution in [0.15, 0.2) is 265 Å². The van der Waals surface area contributed by atoms with E-state index >= 15 is 0 Å². The molecule has 0 saturated heterocycles. The molecule has 5 heteroatoms. The number of furan rings is 1. The third-order valence-electron chi connectivity index (χ3n) is 18.7. The second-order valence-electron chi connectivity index (χ2n) is 25.9. The van der Waals surface area contributed by atoms with E-state index in [2.05, 4.69) is 312 Å². The Bertz CT molecular complexity index is 5180. The van der Waals surface area contributed by atoms with Crippen molar-refractivity contribution in [2.75, 3.05) is 4.90 Å². The molecule has 2 aliphatic rings. The molecule has 0 radical (unpaired) electrons. The van der Waals surface area contributed by atoms with Gasteiger partial charge in [0.05, 0.1) is 16.7 Å². The smallest absolute Gasteiger partial charge is 0.256 e. The Labute approximate surface area is 507 Å². The van der Waals surface area contributed by atoms with Gasteiger partial charge in [0.1, 0.15) is 22.7 Å². The summed E-state index contributed by atoms with van der Waals surface area (Å²) in [4.78, 5) is 2.64. The molecule has 0 spiro atoms. The van der Waals surface area contributed by atoms with E-state index in [1.165, 1.54) is 87.7 Å². The van der Waals surface area contributed by atoms with Crippen LogP contribution in [0.2, 0.25) is 0 Å². The standard InChI is InChI=1S/C82H61BN2O2/c1-81(2,3)53-45-65(50-24-9-7-10-25-50)79(66(46-53)51-26-11-8-12-27-51)85-71-44-52(76-59-31-13-15-33-61(59)77(62-34-16-14-32-60(62)76)64-36-23-35-63-58-30-19-22-39-73(58)87-80(63)64)40-42-67(71)83-68-43-41-55(84-69-37-20-17-28-56(69)57-29-18-21-38-70(57)84)49-74(68)86-75-48-54(82(4,5)6)47-72(85)78(75)83/h7-49H,1-6H3. The summed E-state index contributed by atoms with van der Waals surface area (Å²) >= 11 is 0. The molecule has 0 atom stereocenters. The Kier molecular flexibility index (Phi) is 11.2. The summed E-state index contributed by atoms with van der Waals surface area (Å²) in [7, 11) is 0. The minimum absolute atomic E-state index is 0.158. The van der Waals surface area contributed by atoms with Crippen LogP contribution < -0.4 is 26.0 Å². The summed E-state index contributed by atoms with van der Waals surface area (Å²) < 4.78 is 16.8. The summed E-state index contributed by atoms with van der Waals surface area (Å²) in [6.45, 7) is 13.8. The molecule has 17 rings (SSSR count). The highest BCUT2D eigenvalue weighted by Crippen LogP contribution is 2.53. The first kappa shape index (κ1) is 51.1. The molecule has 0 bridgehead atoms. The molecular formula is C82H61BN2O2. The van der Waals surface area contributed by atoms with E-state index in [0.717, 1.165) is 83.9 Å². The lowest BCUT2D eigenvalue weighted by atomic mass is 9.34. The van der Waals surface area contributed by atoms with Crippen LogP contribution in [0.25, 0.3) is 115 Å². The molecule has 4 heterocycles. The maximum atomic E-state index is 7.55. The van der Waals surface area contributed by atoms with Gasteiger partial charge in [-0.1, -0.05) is 242 Å². The monoisotopic (exact) mass is 1120 g/mol. The molecule has 15 aromatic rings. The molecule has 0 fully saturated rings. The van der Waals surface area contributed by atoms with Gasteiger partial charge in [-0.3, -0.25) is 0 Å². The van der Waals surface area contributed by atoms with Gasteiger partial charge in [0.2, 0.25) is 0 Å². The van der Waals surface area contributed by atoms with Crippen LogP contribution in [-0.2, 0) is 10.8 Å². The average Bonchev–Trinajstić information content (AvgIpc) is 1.27. The summed E-state index contributed by atoms with van der Waals surface area (Å²) in [5, 5.41) is 9.40. The van der Waals surface area contributed by atoms with Gasteiger partial charge in [0, 0.05) is 66.9 Å². The second kappa shape index (κ2) is 19.1. The number of aromatic nitrogens is 1. The highest BCUT2D eigenvalue weighted by molar-refractivity contribution is 6.99. The van der Waals surface area contributed by atoms with Gasteiger partial charge in [0.15, 0.2) is 0 Å². The van der Waals surface area contributed by atoms with E-state index in [9.17, 15) is 0 Å². The fourth-order valence-electron chi connectivity index (χ4n) is 14.6.